The minimum absolute atomic E-state index is 0.750. The van der Waals surface area contributed by atoms with Crippen LogP contribution in [-0.4, -0.2) is 12.2 Å². The summed E-state index contributed by atoms with van der Waals surface area (Å²) in [5.41, 5.74) is 0. The van der Waals surface area contributed by atoms with Gasteiger partial charge in [-0.05, 0) is 0 Å². The minimum Gasteiger partial charge on any atom is -0.222 e. The highest BCUT2D eigenvalue weighted by Crippen LogP contribution is 1.88. The van der Waals surface area contributed by atoms with E-state index in [9.17, 15) is 0 Å². The van der Waals surface area contributed by atoms with Crippen LogP contribution < -0.4 is 0 Å². The SMILES string of the molecule is CCCCC.N=C=O.N=C=O. The second-order valence-electron chi connectivity index (χ2n) is 1.56. The van der Waals surface area contributed by atoms with Gasteiger partial charge in [-0.1, -0.05) is 33.1 Å². The molecule has 0 aliphatic carbocycles. The molecular formula is C7H14N2O2. The van der Waals surface area contributed by atoms with Gasteiger partial charge in [0.15, 0.2) is 0 Å². The number of nitrogens with one attached hydrogen (secondary N) is 2. The van der Waals surface area contributed by atoms with Crippen LogP contribution in [0.25, 0.3) is 0 Å². The van der Waals surface area contributed by atoms with E-state index in [4.69, 9.17) is 20.4 Å². The summed E-state index contributed by atoms with van der Waals surface area (Å²) in [6, 6.07) is 0. The predicted molar refractivity (Wildman–Crippen MR) is 42.0 cm³/mol. The largest absolute Gasteiger partial charge is 0.231 e. The second-order valence-corrected chi connectivity index (χ2v) is 1.56. The van der Waals surface area contributed by atoms with E-state index in [1.54, 1.807) is 0 Å². The Kier molecular flexibility index (Phi) is 55.6. The molecule has 0 aromatic carbocycles. The molecule has 0 unspecified atom stereocenters. The molecule has 0 saturated carbocycles. The second kappa shape index (κ2) is 37.3. The number of carbonyl (C=O) groups excluding carboxylic acids is 2. The normalized spacial score (nSPS) is 5.27. The van der Waals surface area contributed by atoms with Gasteiger partial charge in [-0.2, -0.15) is 0 Å². The summed E-state index contributed by atoms with van der Waals surface area (Å²) >= 11 is 0. The van der Waals surface area contributed by atoms with E-state index in [-0.39, 0.29) is 0 Å². The number of rotatable bonds is 2. The molecule has 0 rings (SSSR count). The zero-order valence-electron chi connectivity index (χ0n) is 6.94. The topological polar surface area (TPSA) is 81.8 Å². The van der Waals surface area contributed by atoms with Crippen molar-refractivity contribution in [2.24, 2.45) is 0 Å². The fourth-order valence-electron chi connectivity index (χ4n) is 0.354. The van der Waals surface area contributed by atoms with E-state index in [0.29, 0.717) is 0 Å². The van der Waals surface area contributed by atoms with E-state index in [0.717, 1.165) is 12.2 Å². The van der Waals surface area contributed by atoms with Crippen LogP contribution in [-0.2, 0) is 9.59 Å². The molecule has 0 spiro atoms. The maximum atomic E-state index is 8.35. The van der Waals surface area contributed by atoms with Gasteiger partial charge in [0.1, 0.15) is 0 Å². The third-order valence-electron chi connectivity index (χ3n) is 0.707. The summed E-state index contributed by atoms with van der Waals surface area (Å²) in [4.78, 5) is 16.7. The maximum absolute atomic E-state index is 8.35. The fraction of sp³-hybridized carbons (Fsp3) is 0.714. The smallest absolute Gasteiger partial charge is 0.222 e. The molecule has 0 aromatic heterocycles. The average molecular weight is 158 g/mol. The third kappa shape index (κ3) is 693. The van der Waals surface area contributed by atoms with Crippen LogP contribution in [0.15, 0.2) is 0 Å². The van der Waals surface area contributed by atoms with Crippen molar-refractivity contribution in [1.29, 1.82) is 10.8 Å². The lowest BCUT2D eigenvalue weighted by molar-refractivity contribution is 0.562. The van der Waals surface area contributed by atoms with Gasteiger partial charge in [-0.15, -0.1) is 0 Å². The summed E-state index contributed by atoms with van der Waals surface area (Å²) in [6.45, 7) is 4.42. The lowest BCUT2D eigenvalue weighted by Gasteiger charge is -1.79. The zero-order chi connectivity index (χ0) is 9.54. The molecule has 0 atom stereocenters. The molecule has 0 fully saturated rings. The Morgan fingerprint density at radius 3 is 1.18 bits per heavy atom. The Morgan fingerprint density at radius 2 is 1.18 bits per heavy atom. The fourth-order valence-corrected chi connectivity index (χ4v) is 0.354. The van der Waals surface area contributed by atoms with E-state index in [2.05, 4.69) is 13.8 Å². The number of isocyanates is 2. The summed E-state index contributed by atoms with van der Waals surface area (Å²) in [6.07, 6.45) is 5.58. The molecule has 0 aliphatic rings. The molecule has 0 radical (unpaired) electrons. The number of hydrogen-bond donors (Lipinski definition) is 2. The lowest BCUT2D eigenvalue weighted by atomic mass is 10.3. The molecular weight excluding hydrogens is 144 g/mol. The highest BCUT2D eigenvalue weighted by molar-refractivity contribution is 5.26. The molecule has 0 aliphatic heterocycles. The highest BCUT2D eigenvalue weighted by Gasteiger charge is 1.68. The van der Waals surface area contributed by atoms with Crippen LogP contribution in [0, 0.1) is 10.8 Å². The van der Waals surface area contributed by atoms with Crippen molar-refractivity contribution in [2.75, 3.05) is 0 Å². The molecule has 64 valence electrons. The van der Waals surface area contributed by atoms with Crippen molar-refractivity contribution in [1.82, 2.24) is 0 Å². The first-order chi connectivity index (χ1) is 5.24. The molecule has 4 heteroatoms. The van der Waals surface area contributed by atoms with E-state index < -0.39 is 0 Å². The maximum Gasteiger partial charge on any atom is 0.231 e. The van der Waals surface area contributed by atoms with E-state index in [1.807, 2.05) is 0 Å². The number of unbranched alkanes of at least 4 members (excludes halogenated alkanes) is 2. The molecule has 0 aromatic rings. The Bertz CT molecular complexity index is 97.6. The Morgan fingerprint density at radius 1 is 1.00 bits per heavy atom. The minimum atomic E-state index is 0.750. The van der Waals surface area contributed by atoms with Crippen LogP contribution in [0.4, 0.5) is 0 Å². The number of hydrogen-bond acceptors (Lipinski definition) is 4. The Hall–Kier alpha value is -1.24. The first-order valence-corrected chi connectivity index (χ1v) is 3.32. The van der Waals surface area contributed by atoms with Gasteiger partial charge < -0.3 is 0 Å². The van der Waals surface area contributed by atoms with Crippen LogP contribution in [0.3, 0.4) is 0 Å². The van der Waals surface area contributed by atoms with E-state index >= 15 is 0 Å². The van der Waals surface area contributed by atoms with Gasteiger partial charge >= 0.3 is 0 Å². The lowest BCUT2D eigenvalue weighted by Crippen LogP contribution is -1.59. The van der Waals surface area contributed by atoms with Crippen molar-refractivity contribution >= 4 is 12.2 Å². The van der Waals surface area contributed by atoms with Crippen LogP contribution in [0.2, 0.25) is 0 Å². The van der Waals surface area contributed by atoms with Gasteiger partial charge in [-0.3, -0.25) is 0 Å². The van der Waals surface area contributed by atoms with E-state index in [1.165, 1.54) is 19.3 Å². The molecule has 4 nitrogen and oxygen atoms in total. The van der Waals surface area contributed by atoms with Crippen LogP contribution in [0.1, 0.15) is 33.1 Å². The average Bonchev–Trinajstić information content (AvgIpc) is 1.92. The van der Waals surface area contributed by atoms with Crippen molar-refractivity contribution in [3.8, 4) is 0 Å². The molecule has 0 bridgehead atoms. The van der Waals surface area contributed by atoms with Gasteiger partial charge in [0.25, 0.3) is 0 Å². The van der Waals surface area contributed by atoms with Gasteiger partial charge in [0, 0.05) is 0 Å². The van der Waals surface area contributed by atoms with Gasteiger partial charge in [0.05, 0.1) is 0 Å². The quantitative estimate of drug-likeness (QED) is 0.476. The predicted octanol–water partition coefficient (Wildman–Crippen LogP) is 2.00. The van der Waals surface area contributed by atoms with Gasteiger partial charge in [0.2, 0.25) is 12.2 Å². The molecule has 11 heavy (non-hydrogen) atoms. The molecule has 0 heterocycles. The summed E-state index contributed by atoms with van der Waals surface area (Å²) in [5.74, 6) is 0. The van der Waals surface area contributed by atoms with Crippen molar-refractivity contribution in [3.63, 3.8) is 0 Å². The van der Waals surface area contributed by atoms with Crippen LogP contribution in [0.5, 0.6) is 0 Å². The summed E-state index contributed by atoms with van der Waals surface area (Å²) in [5, 5.41) is 10.8. The summed E-state index contributed by atoms with van der Waals surface area (Å²) < 4.78 is 0. The standard InChI is InChI=1S/C5H12.2CHNO/c1-3-5-4-2;2*2-1-3/h3-5H2,1-2H3;2*2H. The van der Waals surface area contributed by atoms with Crippen molar-refractivity contribution < 1.29 is 9.59 Å². The zero-order valence-corrected chi connectivity index (χ0v) is 6.94. The Labute approximate surface area is 66.6 Å². The molecule has 0 amide bonds. The van der Waals surface area contributed by atoms with Crippen LogP contribution >= 0.6 is 0 Å². The van der Waals surface area contributed by atoms with Crippen molar-refractivity contribution in [2.45, 2.75) is 33.1 Å². The monoisotopic (exact) mass is 158 g/mol. The third-order valence-corrected chi connectivity index (χ3v) is 0.707. The highest BCUT2D eigenvalue weighted by atomic mass is 16.1. The van der Waals surface area contributed by atoms with Crippen molar-refractivity contribution in [3.05, 3.63) is 0 Å². The Balaban J connectivity index is -0.0000000933. The molecule has 0 saturated heterocycles. The first-order valence-electron chi connectivity index (χ1n) is 3.32. The summed E-state index contributed by atoms with van der Waals surface area (Å²) in [7, 11) is 0. The van der Waals surface area contributed by atoms with Gasteiger partial charge in [-0.25, -0.2) is 20.4 Å². The first kappa shape index (κ1) is 16.4. The molecule has 2 N–H and O–H groups in total.